The van der Waals surface area contributed by atoms with E-state index in [1.165, 1.54) is 24.3 Å². The van der Waals surface area contributed by atoms with E-state index in [1.54, 1.807) is 6.07 Å². The summed E-state index contributed by atoms with van der Waals surface area (Å²) in [5.74, 6) is -0.151. The molecule has 2 aromatic heterocycles. The van der Waals surface area contributed by atoms with E-state index in [1.807, 2.05) is 0 Å². The molecule has 6 nitrogen and oxygen atoms in total. The molecule has 0 saturated heterocycles. The highest BCUT2D eigenvalue weighted by molar-refractivity contribution is 9.10. The number of esters is 1. The Kier molecular flexibility index (Phi) is 3.39. The van der Waals surface area contributed by atoms with Crippen LogP contribution in [0, 0.1) is 0 Å². The van der Waals surface area contributed by atoms with Crippen LogP contribution in [-0.4, -0.2) is 32.8 Å². The van der Waals surface area contributed by atoms with Gasteiger partial charge in [0.2, 0.25) is 0 Å². The lowest BCUT2D eigenvalue weighted by Crippen LogP contribution is -2.06. The van der Waals surface area contributed by atoms with Gasteiger partial charge in [0.25, 0.3) is 5.82 Å². The Morgan fingerprint density at radius 2 is 2.29 bits per heavy atom. The van der Waals surface area contributed by atoms with Crippen molar-refractivity contribution in [2.75, 3.05) is 7.11 Å². The predicted molar refractivity (Wildman–Crippen MR) is 63.2 cm³/mol. The zero-order chi connectivity index (χ0) is 12.4. The molecule has 0 aromatic carbocycles. The first-order valence-electron chi connectivity index (χ1n) is 4.43. The van der Waals surface area contributed by atoms with Crippen molar-refractivity contribution in [1.29, 1.82) is 0 Å². The van der Waals surface area contributed by atoms with Gasteiger partial charge < -0.3 is 4.74 Å². The van der Waals surface area contributed by atoms with Crippen LogP contribution in [0.5, 0.6) is 0 Å². The monoisotopic (exact) mass is 316 g/mol. The fourth-order valence-electron chi connectivity index (χ4n) is 1.13. The first kappa shape index (κ1) is 12.0. The molecule has 0 aliphatic carbocycles. The van der Waals surface area contributed by atoms with Crippen molar-refractivity contribution in [3.63, 3.8) is 0 Å². The predicted octanol–water partition coefficient (Wildman–Crippen LogP) is 1.86. The second-order valence-electron chi connectivity index (χ2n) is 2.96. The molecular weight excluding hydrogens is 311 g/mol. The minimum Gasteiger partial charge on any atom is -0.463 e. The lowest BCUT2D eigenvalue weighted by atomic mass is 10.5. The van der Waals surface area contributed by atoms with Crippen LogP contribution in [0.3, 0.4) is 0 Å². The fraction of sp³-hybridized carbons (Fsp3) is 0.111. The van der Waals surface area contributed by atoms with Gasteiger partial charge in [-0.3, -0.25) is 0 Å². The van der Waals surface area contributed by atoms with E-state index in [2.05, 4.69) is 35.7 Å². The van der Waals surface area contributed by atoms with Gasteiger partial charge in [-0.05, 0) is 22.0 Å². The first-order chi connectivity index (χ1) is 8.11. The van der Waals surface area contributed by atoms with Crippen LogP contribution in [0.4, 0.5) is 0 Å². The zero-order valence-corrected chi connectivity index (χ0v) is 10.9. The number of hydrogen-bond acceptors (Lipinski definition) is 5. The highest BCUT2D eigenvalue weighted by atomic mass is 79.9. The van der Waals surface area contributed by atoms with E-state index in [9.17, 15) is 4.79 Å². The van der Waals surface area contributed by atoms with E-state index in [4.69, 9.17) is 11.6 Å². The van der Waals surface area contributed by atoms with E-state index in [0.717, 1.165) is 0 Å². The number of methoxy groups -OCH3 is 1. The van der Waals surface area contributed by atoms with Crippen LogP contribution in [0.25, 0.3) is 5.82 Å². The van der Waals surface area contributed by atoms with E-state index < -0.39 is 5.97 Å². The number of carbonyl (C=O) groups is 1. The van der Waals surface area contributed by atoms with Gasteiger partial charge in [0.1, 0.15) is 6.33 Å². The fourth-order valence-corrected chi connectivity index (χ4v) is 1.95. The van der Waals surface area contributed by atoms with Crippen molar-refractivity contribution in [3.8, 4) is 5.82 Å². The lowest BCUT2D eigenvalue weighted by Gasteiger charge is -2.01. The molecule has 2 heterocycles. The van der Waals surface area contributed by atoms with Crippen molar-refractivity contribution in [2.24, 2.45) is 0 Å². The lowest BCUT2D eigenvalue weighted by molar-refractivity contribution is 0.0587. The highest BCUT2D eigenvalue weighted by Gasteiger charge is 2.13. The number of halogens is 2. The molecule has 17 heavy (non-hydrogen) atoms. The third-order valence-corrected chi connectivity index (χ3v) is 2.66. The summed E-state index contributed by atoms with van der Waals surface area (Å²) in [6.45, 7) is 0. The standard InChI is InChI=1S/C9H6BrClN4O2/c1-17-9(16)7-13-4-15(14-7)8-6(10)2-5(11)3-12-8/h2-4H,1H3. The van der Waals surface area contributed by atoms with Gasteiger partial charge in [0.15, 0.2) is 5.82 Å². The summed E-state index contributed by atoms with van der Waals surface area (Å²) < 4.78 is 6.50. The maximum Gasteiger partial charge on any atom is 0.377 e. The molecular formula is C9H6BrClN4O2. The Hall–Kier alpha value is -1.47. The van der Waals surface area contributed by atoms with Gasteiger partial charge in [-0.25, -0.2) is 19.4 Å². The molecule has 0 fully saturated rings. The third-order valence-electron chi connectivity index (χ3n) is 1.87. The number of rotatable bonds is 2. The maximum absolute atomic E-state index is 11.2. The molecule has 0 bridgehead atoms. The van der Waals surface area contributed by atoms with Gasteiger partial charge in [-0.2, -0.15) is 0 Å². The van der Waals surface area contributed by atoms with Crippen LogP contribution in [0.15, 0.2) is 23.1 Å². The highest BCUT2D eigenvalue weighted by Crippen LogP contribution is 2.21. The number of nitrogens with zero attached hydrogens (tertiary/aromatic N) is 4. The minimum absolute atomic E-state index is 0.0313. The van der Waals surface area contributed by atoms with Crippen LogP contribution in [0.1, 0.15) is 10.6 Å². The van der Waals surface area contributed by atoms with Gasteiger partial charge >= 0.3 is 5.97 Å². The molecule has 0 atom stereocenters. The summed E-state index contributed by atoms with van der Waals surface area (Å²) in [6, 6.07) is 1.67. The Labute approximate surface area is 110 Å². The Morgan fingerprint density at radius 1 is 1.53 bits per heavy atom. The summed E-state index contributed by atoms with van der Waals surface area (Å²) in [5.41, 5.74) is 0. The van der Waals surface area contributed by atoms with Crippen LogP contribution < -0.4 is 0 Å². The number of aromatic nitrogens is 4. The van der Waals surface area contributed by atoms with Crippen molar-refractivity contribution < 1.29 is 9.53 Å². The SMILES string of the molecule is COC(=O)c1ncn(-c2ncc(Cl)cc2Br)n1. The molecule has 8 heteroatoms. The molecule has 0 unspecified atom stereocenters. The molecule has 0 N–H and O–H groups in total. The van der Waals surface area contributed by atoms with Crippen molar-refractivity contribution in [2.45, 2.75) is 0 Å². The molecule has 0 spiro atoms. The van der Waals surface area contributed by atoms with Crippen molar-refractivity contribution in [3.05, 3.63) is 33.9 Å². The second-order valence-corrected chi connectivity index (χ2v) is 4.25. The maximum atomic E-state index is 11.2. The normalized spacial score (nSPS) is 10.3. The minimum atomic E-state index is -0.603. The summed E-state index contributed by atoms with van der Waals surface area (Å²) in [5, 5.41) is 4.43. The van der Waals surface area contributed by atoms with E-state index in [-0.39, 0.29) is 5.82 Å². The number of hydrogen-bond donors (Lipinski definition) is 0. The molecule has 2 aromatic rings. The quantitative estimate of drug-likeness (QED) is 0.791. The summed E-state index contributed by atoms with van der Waals surface area (Å²) >= 11 is 9.07. The van der Waals surface area contributed by atoms with Crippen LogP contribution >= 0.6 is 27.5 Å². The summed E-state index contributed by atoms with van der Waals surface area (Å²) in [7, 11) is 1.26. The van der Waals surface area contributed by atoms with Crippen LogP contribution in [0.2, 0.25) is 5.02 Å². The number of ether oxygens (including phenoxy) is 1. The first-order valence-corrected chi connectivity index (χ1v) is 5.60. The second kappa shape index (κ2) is 4.80. The average molecular weight is 318 g/mol. The molecule has 88 valence electrons. The third kappa shape index (κ3) is 2.45. The smallest absolute Gasteiger partial charge is 0.377 e. The van der Waals surface area contributed by atoms with Gasteiger partial charge in [0.05, 0.1) is 16.6 Å². The van der Waals surface area contributed by atoms with Crippen LogP contribution in [-0.2, 0) is 4.74 Å². The number of pyridine rings is 1. The molecule has 0 aliphatic heterocycles. The summed E-state index contributed by atoms with van der Waals surface area (Å²) in [6.07, 6.45) is 2.84. The summed E-state index contributed by atoms with van der Waals surface area (Å²) in [4.78, 5) is 19.1. The Balaban J connectivity index is 2.40. The molecule has 0 amide bonds. The zero-order valence-electron chi connectivity index (χ0n) is 8.59. The molecule has 2 rings (SSSR count). The van der Waals surface area contributed by atoms with Crippen molar-refractivity contribution in [1.82, 2.24) is 19.7 Å². The van der Waals surface area contributed by atoms with E-state index in [0.29, 0.717) is 15.3 Å². The van der Waals surface area contributed by atoms with E-state index >= 15 is 0 Å². The molecule has 0 aliphatic rings. The number of carbonyl (C=O) groups excluding carboxylic acids is 1. The molecule has 0 saturated carbocycles. The Bertz CT molecular complexity index is 572. The van der Waals surface area contributed by atoms with Gasteiger partial charge in [-0.15, -0.1) is 5.10 Å². The van der Waals surface area contributed by atoms with Gasteiger partial charge in [-0.1, -0.05) is 11.6 Å². The van der Waals surface area contributed by atoms with Gasteiger partial charge in [0, 0.05) is 6.20 Å². The molecule has 0 radical (unpaired) electrons. The average Bonchev–Trinajstić information content (AvgIpc) is 2.77. The topological polar surface area (TPSA) is 69.9 Å². The van der Waals surface area contributed by atoms with Crippen molar-refractivity contribution >= 4 is 33.5 Å². The largest absolute Gasteiger partial charge is 0.463 e. The Morgan fingerprint density at radius 3 is 2.94 bits per heavy atom.